The Balaban J connectivity index is 2.14. The molecule has 0 aromatic carbocycles. The van der Waals surface area contributed by atoms with Crippen LogP contribution in [0.25, 0.3) is 22.4 Å². The molecule has 0 aliphatic rings. The summed E-state index contributed by atoms with van der Waals surface area (Å²) in [4.78, 5) is 13.3. The predicted octanol–water partition coefficient (Wildman–Crippen LogP) is 2.15. The maximum absolute atomic E-state index is 5.75. The third kappa shape index (κ3) is 2.40. The van der Waals surface area contributed by atoms with Gasteiger partial charge in [0.1, 0.15) is 23.0 Å². The number of nitrogens with two attached hydrogens (primary N) is 2. The molecule has 0 fully saturated rings. The highest BCUT2D eigenvalue weighted by atomic mass is 15.1. The number of pyridine rings is 2. The summed E-state index contributed by atoms with van der Waals surface area (Å²) in [5, 5.41) is 0. The molecule has 0 unspecified atom stereocenters. The summed E-state index contributed by atoms with van der Waals surface area (Å²) in [5.41, 5.74) is 14.9. The predicted molar refractivity (Wildman–Crippen MR) is 84.6 cm³/mol. The molecular weight excluding hydrogens is 264 g/mol. The van der Waals surface area contributed by atoms with Crippen LogP contribution < -0.4 is 11.5 Å². The van der Waals surface area contributed by atoms with Crippen LogP contribution in [0, 0.1) is 0 Å². The van der Waals surface area contributed by atoms with Crippen molar-refractivity contribution in [2.75, 3.05) is 11.5 Å². The minimum absolute atomic E-state index is 0.392. The molecule has 6 heteroatoms. The molecule has 0 bridgehead atoms. The molecule has 3 heterocycles. The van der Waals surface area contributed by atoms with E-state index in [1.807, 2.05) is 23.7 Å². The fourth-order valence-corrected chi connectivity index (χ4v) is 2.44. The Bertz CT molecular complexity index is 785. The van der Waals surface area contributed by atoms with Crippen LogP contribution in [-0.2, 0) is 13.5 Å². The van der Waals surface area contributed by atoms with Crippen molar-refractivity contribution in [3.05, 3.63) is 30.1 Å². The zero-order valence-corrected chi connectivity index (χ0v) is 12.2. The number of rotatable bonds is 3. The summed E-state index contributed by atoms with van der Waals surface area (Å²) < 4.78 is 2.04. The number of aryl methyl sites for hydroxylation is 2. The lowest BCUT2D eigenvalue weighted by Gasteiger charge is -2.04. The number of hydrogen-bond acceptors (Lipinski definition) is 5. The summed E-state index contributed by atoms with van der Waals surface area (Å²) in [6.45, 7) is 2.14. The monoisotopic (exact) mass is 282 g/mol. The molecule has 0 saturated carbocycles. The third-order valence-corrected chi connectivity index (χ3v) is 3.44. The molecule has 21 heavy (non-hydrogen) atoms. The van der Waals surface area contributed by atoms with E-state index in [9.17, 15) is 0 Å². The standard InChI is InChI=1S/C15H18N6/c1-3-4-14-18-11-6-5-10(19-15(11)21(14)2)9-7-12(16)20-13(17)8-9/h5-8H,3-4H2,1-2H3,(H4,16,17,20). The van der Waals surface area contributed by atoms with Crippen LogP contribution >= 0.6 is 0 Å². The Kier molecular flexibility index (Phi) is 3.21. The van der Waals surface area contributed by atoms with Gasteiger partial charge in [-0.1, -0.05) is 6.92 Å². The van der Waals surface area contributed by atoms with Gasteiger partial charge in [-0.3, -0.25) is 0 Å². The summed E-state index contributed by atoms with van der Waals surface area (Å²) >= 11 is 0. The van der Waals surface area contributed by atoms with Crippen molar-refractivity contribution in [3.63, 3.8) is 0 Å². The summed E-state index contributed by atoms with van der Waals surface area (Å²) in [5.74, 6) is 1.83. The molecule has 0 spiro atoms. The summed E-state index contributed by atoms with van der Waals surface area (Å²) in [7, 11) is 1.99. The molecule has 0 amide bonds. The van der Waals surface area contributed by atoms with Crippen LogP contribution in [-0.4, -0.2) is 19.5 Å². The first kappa shape index (κ1) is 13.4. The maximum Gasteiger partial charge on any atom is 0.160 e. The van der Waals surface area contributed by atoms with Crippen LogP contribution in [0.1, 0.15) is 19.2 Å². The number of fused-ring (bicyclic) bond motifs is 1. The Morgan fingerprint density at radius 2 is 1.76 bits per heavy atom. The first-order chi connectivity index (χ1) is 10.1. The van der Waals surface area contributed by atoms with Crippen molar-refractivity contribution < 1.29 is 0 Å². The van der Waals surface area contributed by atoms with Crippen molar-refractivity contribution in [3.8, 4) is 11.3 Å². The highest BCUT2D eigenvalue weighted by Crippen LogP contribution is 2.24. The lowest BCUT2D eigenvalue weighted by atomic mass is 10.1. The Hall–Kier alpha value is -2.63. The van der Waals surface area contributed by atoms with E-state index in [0.717, 1.165) is 41.1 Å². The molecule has 3 rings (SSSR count). The molecule has 6 nitrogen and oxygen atoms in total. The quantitative estimate of drug-likeness (QED) is 0.767. The molecule has 0 radical (unpaired) electrons. The van der Waals surface area contributed by atoms with Gasteiger partial charge in [0.25, 0.3) is 0 Å². The molecule has 0 aliphatic carbocycles. The topological polar surface area (TPSA) is 95.6 Å². The lowest BCUT2D eigenvalue weighted by molar-refractivity contribution is 0.768. The molecule has 0 atom stereocenters. The average Bonchev–Trinajstić information content (AvgIpc) is 2.75. The van der Waals surface area contributed by atoms with E-state index in [1.165, 1.54) is 0 Å². The van der Waals surface area contributed by atoms with E-state index in [4.69, 9.17) is 16.5 Å². The van der Waals surface area contributed by atoms with E-state index in [1.54, 1.807) is 12.1 Å². The van der Waals surface area contributed by atoms with Crippen molar-refractivity contribution >= 4 is 22.8 Å². The Morgan fingerprint density at radius 1 is 1.05 bits per heavy atom. The molecule has 0 saturated heterocycles. The number of nitrogens with zero attached hydrogens (tertiary/aromatic N) is 4. The SMILES string of the molecule is CCCc1nc2ccc(-c3cc(N)nc(N)c3)nc2n1C. The molecule has 3 aromatic rings. The zero-order valence-electron chi connectivity index (χ0n) is 12.2. The number of hydrogen-bond donors (Lipinski definition) is 2. The van der Waals surface area contributed by atoms with E-state index in [-0.39, 0.29) is 0 Å². The van der Waals surface area contributed by atoms with Crippen molar-refractivity contribution in [2.24, 2.45) is 7.05 Å². The van der Waals surface area contributed by atoms with E-state index in [2.05, 4.69) is 16.9 Å². The van der Waals surface area contributed by atoms with Crippen LogP contribution in [0.15, 0.2) is 24.3 Å². The number of anilines is 2. The first-order valence-electron chi connectivity index (χ1n) is 6.94. The van der Waals surface area contributed by atoms with Crippen molar-refractivity contribution in [1.82, 2.24) is 19.5 Å². The van der Waals surface area contributed by atoms with Crippen molar-refractivity contribution in [2.45, 2.75) is 19.8 Å². The van der Waals surface area contributed by atoms with Gasteiger partial charge in [-0.15, -0.1) is 0 Å². The lowest BCUT2D eigenvalue weighted by Crippen LogP contribution is -1.99. The largest absolute Gasteiger partial charge is 0.384 e. The van der Waals surface area contributed by atoms with Gasteiger partial charge in [0.15, 0.2) is 5.65 Å². The van der Waals surface area contributed by atoms with Gasteiger partial charge in [-0.2, -0.15) is 0 Å². The Labute approximate surface area is 122 Å². The molecule has 108 valence electrons. The molecule has 3 aromatic heterocycles. The number of imidazole rings is 1. The second-order valence-corrected chi connectivity index (χ2v) is 5.08. The van der Waals surface area contributed by atoms with Gasteiger partial charge < -0.3 is 16.0 Å². The highest BCUT2D eigenvalue weighted by molar-refractivity contribution is 5.77. The van der Waals surface area contributed by atoms with Crippen molar-refractivity contribution in [1.29, 1.82) is 0 Å². The van der Waals surface area contributed by atoms with E-state index >= 15 is 0 Å². The summed E-state index contributed by atoms with van der Waals surface area (Å²) in [6.07, 6.45) is 2.00. The van der Waals surface area contributed by atoms with E-state index in [0.29, 0.717) is 11.6 Å². The molecule has 0 aliphatic heterocycles. The van der Waals surface area contributed by atoms with Gasteiger partial charge in [-0.05, 0) is 30.7 Å². The van der Waals surface area contributed by atoms with Crippen LogP contribution in [0.5, 0.6) is 0 Å². The minimum Gasteiger partial charge on any atom is -0.384 e. The second-order valence-electron chi connectivity index (χ2n) is 5.08. The molecule has 4 N–H and O–H groups in total. The normalized spacial score (nSPS) is 11.1. The van der Waals surface area contributed by atoms with Gasteiger partial charge in [0.05, 0.1) is 5.69 Å². The number of aromatic nitrogens is 4. The van der Waals surface area contributed by atoms with Crippen LogP contribution in [0.2, 0.25) is 0 Å². The smallest absolute Gasteiger partial charge is 0.160 e. The maximum atomic E-state index is 5.75. The zero-order chi connectivity index (χ0) is 15.0. The summed E-state index contributed by atoms with van der Waals surface area (Å²) in [6, 6.07) is 7.45. The van der Waals surface area contributed by atoms with Gasteiger partial charge in [0, 0.05) is 19.0 Å². The van der Waals surface area contributed by atoms with Gasteiger partial charge >= 0.3 is 0 Å². The minimum atomic E-state index is 0.392. The second kappa shape index (κ2) is 5.05. The highest BCUT2D eigenvalue weighted by Gasteiger charge is 2.10. The van der Waals surface area contributed by atoms with Crippen LogP contribution in [0.3, 0.4) is 0 Å². The first-order valence-corrected chi connectivity index (χ1v) is 6.94. The fourth-order valence-electron chi connectivity index (χ4n) is 2.44. The molecular formula is C15H18N6. The fraction of sp³-hybridized carbons (Fsp3) is 0.267. The Morgan fingerprint density at radius 3 is 2.43 bits per heavy atom. The average molecular weight is 282 g/mol. The number of nitrogen functional groups attached to an aromatic ring is 2. The van der Waals surface area contributed by atoms with Crippen LogP contribution in [0.4, 0.5) is 11.6 Å². The van der Waals surface area contributed by atoms with Gasteiger partial charge in [-0.25, -0.2) is 15.0 Å². The third-order valence-electron chi connectivity index (χ3n) is 3.44. The van der Waals surface area contributed by atoms with E-state index < -0.39 is 0 Å². The van der Waals surface area contributed by atoms with Gasteiger partial charge in [0.2, 0.25) is 0 Å².